The highest BCUT2D eigenvalue weighted by Gasteiger charge is 2.42. The van der Waals surface area contributed by atoms with Crippen LogP contribution >= 0.6 is 11.8 Å². The fourth-order valence-electron chi connectivity index (χ4n) is 2.76. The Labute approximate surface area is 140 Å². The Morgan fingerprint density at radius 1 is 1.13 bits per heavy atom. The molecule has 2 heterocycles. The molecule has 2 amide bonds. The van der Waals surface area contributed by atoms with Crippen LogP contribution in [0.15, 0.2) is 0 Å². The molecule has 0 aromatic rings. The number of thioether (sulfide) groups is 1. The van der Waals surface area contributed by atoms with Gasteiger partial charge in [0.25, 0.3) is 0 Å². The van der Waals surface area contributed by atoms with Crippen LogP contribution in [0.2, 0.25) is 0 Å². The molecule has 3 atom stereocenters. The fourth-order valence-corrected chi connectivity index (χ4v) is 4.30. The molecule has 2 rings (SSSR count). The Bertz CT molecular complexity index is 446. The Balaban J connectivity index is 1.53. The molecule has 0 saturated carbocycles. The molecule has 0 spiro atoms. The number of nitrogens with one attached hydrogen (secondary N) is 2. The maximum absolute atomic E-state index is 11.5. The second-order valence-electron chi connectivity index (χ2n) is 5.88. The first-order valence-corrected chi connectivity index (χ1v) is 9.24. The molecule has 2 aliphatic heterocycles. The Morgan fingerprint density at radius 2 is 1.83 bits per heavy atom. The summed E-state index contributed by atoms with van der Waals surface area (Å²) in [6, 6.07) is 0.336. The van der Waals surface area contributed by atoms with Gasteiger partial charge < -0.3 is 10.6 Å². The van der Waals surface area contributed by atoms with Crippen molar-refractivity contribution < 1.29 is 24.2 Å². The lowest BCUT2D eigenvalue weighted by atomic mass is 10.0. The van der Waals surface area contributed by atoms with E-state index in [4.69, 9.17) is 0 Å². The zero-order valence-electron chi connectivity index (χ0n) is 13.3. The van der Waals surface area contributed by atoms with E-state index in [0.29, 0.717) is 11.7 Å². The summed E-state index contributed by atoms with van der Waals surface area (Å²) in [4.78, 5) is 42.9. The molecule has 0 aromatic heterocycles. The SMILES string of the molecule is CCCCC(=O)OOC(=O)CCCC[C@H]1SC[C@H]2NC(=O)N[C@H]21. The fraction of sp³-hybridized carbons (Fsp3) is 0.800. The van der Waals surface area contributed by atoms with E-state index in [9.17, 15) is 14.4 Å². The number of hydrogen-bond donors (Lipinski definition) is 2. The zero-order valence-corrected chi connectivity index (χ0v) is 14.2. The number of hydrogen-bond acceptors (Lipinski definition) is 6. The van der Waals surface area contributed by atoms with Crippen LogP contribution in [0.3, 0.4) is 0 Å². The summed E-state index contributed by atoms with van der Waals surface area (Å²) in [6.07, 6.45) is 4.61. The maximum Gasteiger partial charge on any atom is 0.355 e. The van der Waals surface area contributed by atoms with Crippen LogP contribution in [0.4, 0.5) is 4.79 Å². The molecule has 2 saturated heterocycles. The van der Waals surface area contributed by atoms with Gasteiger partial charge in [0.05, 0.1) is 24.9 Å². The molecule has 0 radical (unpaired) electrons. The summed E-state index contributed by atoms with van der Waals surface area (Å²) in [7, 11) is 0. The molecule has 130 valence electrons. The van der Waals surface area contributed by atoms with E-state index in [1.54, 1.807) is 0 Å². The van der Waals surface area contributed by atoms with E-state index < -0.39 is 11.9 Å². The average Bonchev–Trinajstić information content (AvgIpc) is 3.07. The summed E-state index contributed by atoms with van der Waals surface area (Å²) < 4.78 is 0. The quantitative estimate of drug-likeness (QED) is 0.302. The molecule has 8 heteroatoms. The van der Waals surface area contributed by atoms with Gasteiger partial charge in [-0.15, -0.1) is 0 Å². The van der Waals surface area contributed by atoms with Crippen molar-refractivity contribution >= 4 is 29.7 Å². The molecule has 0 bridgehead atoms. The van der Waals surface area contributed by atoms with E-state index in [1.165, 1.54) is 0 Å². The summed E-state index contributed by atoms with van der Waals surface area (Å²) in [6.45, 7) is 1.97. The van der Waals surface area contributed by atoms with Gasteiger partial charge in [-0.25, -0.2) is 24.2 Å². The minimum Gasteiger partial charge on any atom is -0.332 e. The van der Waals surface area contributed by atoms with Crippen LogP contribution in [0.5, 0.6) is 0 Å². The van der Waals surface area contributed by atoms with Crippen LogP contribution in [-0.4, -0.2) is 41.1 Å². The molecule has 0 aliphatic carbocycles. The topological polar surface area (TPSA) is 93.7 Å². The zero-order chi connectivity index (χ0) is 16.7. The van der Waals surface area contributed by atoms with Crippen molar-refractivity contribution in [3.8, 4) is 0 Å². The molecule has 0 unspecified atom stereocenters. The molecule has 0 aromatic carbocycles. The van der Waals surface area contributed by atoms with Crippen LogP contribution in [-0.2, 0) is 19.4 Å². The van der Waals surface area contributed by atoms with Crippen molar-refractivity contribution in [1.29, 1.82) is 0 Å². The molecule has 2 N–H and O–H groups in total. The monoisotopic (exact) mass is 344 g/mol. The number of unbranched alkanes of at least 4 members (excludes halogenated alkanes) is 2. The standard InChI is InChI=1S/C15H24N2O5S/c1-2-3-7-12(18)21-22-13(19)8-5-4-6-11-14-10(9-23-11)16-15(20)17-14/h10-11,14H,2-9H2,1H3,(H2,16,17,20)/t10-,11-,14-/m1/s1. The van der Waals surface area contributed by atoms with E-state index >= 15 is 0 Å². The second kappa shape index (κ2) is 9.00. The number of amides is 2. The van der Waals surface area contributed by atoms with Gasteiger partial charge in [-0.1, -0.05) is 19.8 Å². The highest BCUT2D eigenvalue weighted by Crippen LogP contribution is 2.33. The van der Waals surface area contributed by atoms with Gasteiger partial charge in [0, 0.05) is 11.0 Å². The first kappa shape index (κ1) is 17.9. The number of carbonyl (C=O) groups is 3. The number of rotatable bonds is 8. The lowest BCUT2D eigenvalue weighted by Gasteiger charge is -2.16. The third-order valence-corrected chi connectivity index (χ3v) is 5.53. The third kappa shape index (κ3) is 5.60. The predicted molar refractivity (Wildman–Crippen MR) is 85.7 cm³/mol. The maximum atomic E-state index is 11.5. The normalized spacial score (nSPS) is 25.4. The van der Waals surface area contributed by atoms with E-state index in [-0.39, 0.29) is 31.0 Å². The highest BCUT2D eigenvalue weighted by atomic mass is 32.2. The Hall–Kier alpha value is -1.44. The van der Waals surface area contributed by atoms with E-state index in [0.717, 1.165) is 31.4 Å². The Kier molecular flexibility index (Phi) is 7.01. The first-order valence-electron chi connectivity index (χ1n) is 8.19. The van der Waals surface area contributed by atoms with Gasteiger partial charge in [0.1, 0.15) is 0 Å². The highest BCUT2D eigenvalue weighted by molar-refractivity contribution is 8.00. The third-order valence-electron chi connectivity index (χ3n) is 4.02. The minimum absolute atomic E-state index is 0.0845. The predicted octanol–water partition coefficient (Wildman–Crippen LogP) is 1.90. The smallest absolute Gasteiger partial charge is 0.332 e. The van der Waals surface area contributed by atoms with Gasteiger partial charge >= 0.3 is 18.0 Å². The van der Waals surface area contributed by atoms with Crippen molar-refractivity contribution in [3.05, 3.63) is 0 Å². The lowest BCUT2D eigenvalue weighted by Crippen LogP contribution is -2.36. The first-order chi connectivity index (χ1) is 11.1. The van der Waals surface area contributed by atoms with Crippen LogP contribution in [0, 0.1) is 0 Å². The number of urea groups is 1. The van der Waals surface area contributed by atoms with Gasteiger partial charge in [-0.3, -0.25) is 0 Å². The van der Waals surface area contributed by atoms with Gasteiger partial charge in [-0.05, 0) is 19.3 Å². The molecule has 23 heavy (non-hydrogen) atoms. The van der Waals surface area contributed by atoms with Gasteiger partial charge in [0.15, 0.2) is 0 Å². The van der Waals surface area contributed by atoms with Crippen molar-refractivity contribution in [1.82, 2.24) is 10.6 Å². The summed E-state index contributed by atoms with van der Waals surface area (Å²) in [5, 5.41) is 6.24. The van der Waals surface area contributed by atoms with Crippen LogP contribution < -0.4 is 10.6 Å². The molecular formula is C15H24N2O5S. The largest absolute Gasteiger partial charge is 0.355 e. The van der Waals surface area contributed by atoms with E-state index in [1.807, 2.05) is 18.7 Å². The Morgan fingerprint density at radius 3 is 2.52 bits per heavy atom. The van der Waals surface area contributed by atoms with Crippen molar-refractivity contribution in [2.75, 3.05) is 5.75 Å². The van der Waals surface area contributed by atoms with Gasteiger partial charge in [0.2, 0.25) is 0 Å². The lowest BCUT2D eigenvalue weighted by molar-refractivity contribution is -0.259. The summed E-state index contributed by atoms with van der Waals surface area (Å²) >= 11 is 1.85. The van der Waals surface area contributed by atoms with Crippen LogP contribution in [0.25, 0.3) is 0 Å². The molecule has 2 aliphatic rings. The average molecular weight is 344 g/mol. The van der Waals surface area contributed by atoms with Crippen LogP contribution in [0.1, 0.15) is 51.9 Å². The van der Waals surface area contributed by atoms with Gasteiger partial charge in [-0.2, -0.15) is 11.8 Å². The van der Waals surface area contributed by atoms with Crippen molar-refractivity contribution in [2.24, 2.45) is 0 Å². The minimum atomic E-state index is -0.511. The van der Waals surface area contributed by atoms with E-state index in [2.05, 4.69) is 20.4 Å². The van der Waals surface area contributed by atoms with Crippen molar-refractivity contribution in [2.45, 2.75) is 69.2 Å². The second-order valence-corrected chi connectivity index (χ2v) is 7.15. The molecule has 2 fully saturated rings. The molecule has 7 nitrogen and oxygen atoms in total. The summed E-state index contributed by atoms with van der Waals surface area (Å²) in [5.74, 6) is -0.0789. The summed E-state index contributed by atoms with van der Waals surface area (Å²) in [5.41, 5.74) is 0. The number of fused-ring (bicyclic) bond motifs is 1. The number of carbonyl (C=O) groups excluding carboxylic acids is 3. The van der Waals surface area contributed by atoms with Crippen molar-refractivity contribution in [3.63, 3.8) is 0 Å². The molecular weight excluding hydrogens is 320 g/mol.